The molecule has 0 radical (unpaired) electrons. The second kappa shape index (κ2) is 7.31. The van der Waals surface area contributed by atoms with Gasteiger partial charge in [-0.15, -0.1) is 0 Å². The van der Waals surface area contributed by atoms with E-state index in [4.69, 9.17) is 15.6 Å². The van der Waals surface area contributed by atoms with Crippen molar-refractivity contribution in [2.24, 2.45) is 0 Å². The van der Waals surface area contributed by atoms with Crippen LogP contribution in [0.25, 0.3) is 0 Å². The first-order valence-electron chi connectivity index (χ1n) is 7.61. The summed E-state index contributed by atoms with van der Waals surface area (Å²) in [5, 5.41) is 9.10. The summed E-state index contributed by atoms with van der Waals surface area (Å²) < 4.78 is 5.14. The maximum absolute atomic E-state index is 12.2. The third kappa shape index (κ3) is 3.67. The molecule has 0 atom stereocenters. The molecule has 0 unspecified atom stereocenters. The fourth-order valence-electron chi connectivity index (χ4n) is 2.62. The van der Waals surface area contributed by atoms with Gasteiger partial charge in [0.2, 0.25) is 0 Å². The van der Waals surface area contributed by atoms with Gasteiger partial charge < -0.3 is 20.5 Å². The molecule has 0 heterocycles. The topological polar surface area (TPSA) is 75.8 Å². The number of aliphatic hydroxyl groups excluding tert-OH is 1. The largest absolute Gasteiger partial charge is 0.462 e. The van der Waals surface area contributed by atoms with Crippen molar-refractivity contribution in [2.75, 3.05) is 30.4 Å². The summed E-state index contributed by atoms with van der Waals surface area (Å²) >= 11 is 0. The minimum absolute atomic E-state index is 0.146. The van der Waals surface area contributed by atoms with E-state index in [2.05, 4.69) is 4.90 Å². The van der Waals surface area contributed by atoms with Gasteiger partial charge in [-0.1, -0.05) is 0 Å². The molecule has 0 amide bonds. The number of anilines is 2. The molecule has 1 saturated carbocycles. The standard InChI is InChI=1S/C16H24N2O3/c1-2-21-16(20)14-11-12(17)7-8-15(14)18(9-4-10-19)13-5-3-6-13/h7-8,11,13,19H,2-6,9-10,17H2,1H3. The molecule has 0 aliphatic heterocycles. The highest BCUT2D eigenvalue weighted by atomic mass is 16.5. The molecule has 1 aromatic carbocycles. The van der Waals surface area contributed by atoms with E-state index in [-0.39, 0.29) is 12.6 Å². The molecule has 0 bridgehead atoms. The quantitative estimate of drug-likeness (QED) is 0.595. The fourth-order valence-corrected chi connectivity index (χ4v) is 2.62. The number of nitrogen functional groups attached to an aromatic ring is 1. The number of aliphatic hydroxyl groups is 1. The van der Waals surface area contributed by atoms with Crippen molar-refractivity contribution in [3.63, 3.8) is 0 Å². The number of esters is 1. The highest BCUT2D eigenvalue weighted by molar-refractivity contribution is 5.97. The number of carbonyl (C=O) groups excluding carboxylic acids is 1. The van der Waals surface area contributed by atoms with Gasteiger partial charge in [-0.3, -0.25) is 0 Å². The summed E-state index contributed by atoms with van der Waals surface area (Å²) in [7, 11) is 0. The van der Waals surface area contributed by atoms with Crippen LogP contribution in [0.3, 0.4) is 0 Å². The van der Waals surface area contributed by atoms with Crippen molar-refractivity contribution in [3.05, 3.63) is 23.8 Å². The van der Waals surface area contributed by atoms with Crippen LogP contribution in [0.5, 0.6) is 0 Å². The van der Waals surface area contributed by atoms with Crippen LogP contribution in [-0.4, -0.2) is 36.9 Å². The monoisotopic (exact) mass is 292 g/mol. The summed E-state index contributed by atoms with van der Waals surface area (Å²) in [6.45, 7) is 3.01. The van der Waals surface area contributed by atoms with Crippen molar-refractivity contribution >= 4 is 17.3 Å². The Hall–Kier alpha value is -1.75. The van der Waals surface area contributed by atoms with E-state index in [1.807, 2.05) is 12.1 Å². The third-order valence-electron chi connectivity index (χ3n) is 3.90. The molecule has 1 aliphatic carbocycles. The van der Waals surface area contributed by atoms with Gasteiger partial charge in [0.25, 0.3) is 0 Å². The number of rotatable bonds is 7. The molecule has 0 spiro atoms. The van der Waals surface area contributed by atoms with Crippen molar-refractivity contribution in [1.82, 2.24) is 0 Å². The number of benzene rings is 1. The van der Waals surface area contributed by atoms with Crippen LogP contribution in [-0.2, 0) is 4.74 Å². The second-order valence-corrected chi connectivity index (χ2v) is 5.35. The van der Waals surface area contributed by atoms with Gasteiger partial charge in [0.15, 0.2) is 0 Å². The van der Waals surface area contributed by atoms with E-state index < -0.39 is 0 Å². The van der Waals surface area contributed by atoms with E-state index in [0.29, 0.717) is 30.3 Å². The number of hydrogen-bond acceptors (Lipinski definition) is 5. The molecule has 0 saturated heterocycles. The average Bonchev–Trinajstić information content (AvgIpc) is 2.41. The molecule has 5 nitrogen and oxygen atoms in total. The maximum atomic E-state index is 12.2. The average molecular weight is 292 g/mol. The van der Waals surface area contributed by atoms with Gasteiger partial charge in [-0.2, -0.15) is 0 Å². The molecule has 1 aliphatic rings. The Morgan fingerprint density at radius 3 is 2.81 bits per heavy atom. The SMILES string of the molecule is CCOC(=O)c1cc(N)ccc1N(CCCO)C1CCC1. The molecule has 1 aromatic rings. The van der Waals surface area contributed by atoms with Crippen LogP contribution in [0.15, 0.2) is 18.2 Å². The first-order chi connectivity index (χ1) is 10.2. The second-order valence-electron chi connectivity index (χ2n) is 5.35. The Bertz CT molecular complexity index is 486. The molecule has 5 heteroatoms. The Kier molecular flexibility index (Phi) is 5.44. The number of carbonyl (C=O) groups is 1. The Morgan fingerprint density at radius 2 is 2.24 bits per heavy atom. The van der Waals surface area contributed by atoms with Crippen LogP contribution < -0.4 is 10.6 Å². The number of hydrogen-bond donors (Lipinski definition) is 2. The number of ether oxygens (including phenoxy) is 1. The molecular weight excluding hydrogens is 268 g/mol. The lowest BCUT2D eigenvalue weighted by atomic mass is 9.90. The zero-order valence-electron chi connectivity index (χ0n) is 12.5. The predicted octanol–water partition coefficient (Wildman–Crippen LogP) is 2.19. The molecule has 116 valence electrons. The van der Waals surface area contributed by atoms with Gasteiger partial charge in [0, 0.05) is 24.9 Å². The van der Waals surface area contributed by atoms with Gasteiger partial charge in [-0.05, 0) is 50.8 Å². The summed E-state index contributed by atoms with van der Waals surface area (Å²) in [5.41, 5.74) is 7.75. The van der Waals surface area contributed by atoms with Crippen molar-refractivity contribution in [2.45, 2.75) is 38.6 Å². The molecule has 2 rings (SSSR count). The highest BCUT2D eigenvalue weighted by Crippen LogP contribution is 2.33. The summed E-state index contributed by atoms with van der Waals surface area (Å²) in [4.78, 5) is 14.4. The lowest BCUT2D eigenvalue weighted by Gasteiger charge is -2.40. The van der Waals surface area contributed by atoms with Gasteiger partial charge in [0.1, 0.15) is 0 Å². The minimum atomic E-state index is -0.340. The molecule has 0 aromatic heterocycles. The maximum Gasteiger partial charge on any atom is 0.340 e. The van der Waals surface area contributed by atoms with Crippen LogP contribution in [0.2, 0.25) is 0 Å². The first-order valence-corrected chi connectivity index (χ1v) is 7.61. The van der Waals surface area contributed by atoms with Gasteiger partial charge >= 0.3 is 5.97 Å². The molecule has 3 N–H and O–H groups in total. The van der Waals surface area contributed by atoms with Crippen LogP contribution in [0, 0.1) is 0 Å². The van der Waals surface area contributed by atoms with E-state index in [1.54, 1.807) is 13.0 Å². The van der Waals surface area contributed by atoms with E-state index in [9.17, 15) is 4.79 Å². The van der Waals surface area contributed by atoms with Gasteiger partial charge in [0.05, 0.1) is 17.9 Å². The Morgan fingerprint density at radius 1 is 1.48 bits per heavy atom. The summed E-state index contributed by atoms with van der Waals surface area (Å²) in [5.74, 6) is -0.340. The fraction of sp³-hybridized carbons (Fsp3) is 0.562. The first kappa shape index (κ1) is 15.6. The number of nitrogens with two attached hydrogens (primary N) is 1. The van der Waals surface area contributed by atoms with Crippen molar-refractivity contribution in [3.8, 4) is 0 Å². The van der Waals surface area contributed by atoms with E-state index >= 15 is 0 Å². The Balaban J connectivity index is 2.31. The van der Waals surface area contributed by atoms with Crippen molar-refractivity contribution in [1.29, 1.82) is 0 Å². The summed E-state index contributed by atoms with van der Waals surface area (Å²) in [6, 6.07) is 5.81. The molecule has 21 heavy (non-hydrogen) atoms. The Labute approximate surface area is 125 Å². The van der Waals surface area contributed by atoms with Gasteiger partial charge in [-0.25, -0.2) is 4.79 Å². The van der Waals surface area contributed by atoms with Crippen LogP contribution in [0.1, 0.15) is 43.0 Å². The lowest BCUT2D eigenvalue weighted by Crippen LogP contribution is -2.42. The predicted molar refractivity (Wildman–Crippen MR) is 83.5 cm³/mol. The minimum Gasteiger partial charge on any atom is -0.462 e. The molecular formula is C16H24N2O3. The molecule has 1 fully saturated rings. The van der Waals surface area contributed by atoms with Crippen LogP contribution in [0.4, 0.5) is 11.4 Å². The smallest absolute Gasteiger partial charge is 0.340 e. The number of nitrogens with zero attached hydrogens (tertiary/aromatic N) is 1. The zero-order valence-corrected chi connectivity index (χ0v) is 12.5. The lowest BCUT2D eigenvalue weighted by molar-refractivity contribution is 0.0527. The third-order valence-corrected chi connectivity index (χ3v) is 3.90. The highest BCUT2D eigenvalue weighted by Gasteiger charge is 2.28. The van der Waals surface area contributed by atoms with Crippen molar-refractivity contribution < 1.29 is 14.6 Å². The summed E-state index contributed by atoms with van der Waals surface area (Å²) in [6.07, 6.45) is 4.14. The normalized spacial score (nSPS) is 14.6. The van der Waals surface area contributed by atoms with Crippen LogP contribution >= 0.6 is 0 Å². The van der Waals surface area contributed by atoms with E-state index in [0.717, 1.165) is 25.1 Å². The van der Waals surface area contributed by atoms with E-state index in [1.165, 1.54) is 6.42 Å². The zero-order chi connectivity index (χ0) is 15.2.